The molecular formula is C19H17ClN2O3S2. The van der Waals surface area contributed by atoms with Crippen molar-refractivity contribution in [1.29, 1.82) is 0 Å². The zero-order chi connectivity index (χ0) is 19.2. The molecule has 2 aliphatic heterocycles. The van der Waals surface area contributed by atoms with Crippen molar-refractivity contribution in [2.45, 2.75) is 18.2 Å². The molecule has 0 aliphatic carbocycles. The first-order valence-corrected chi connectivity index (χ1v) is 11.5. The maximum atomic E-state index is 12.7. The van der Waals surface area contributed by atoms with Crippen LogP contribution in [0.25, 0.3) is 0 Å². The number of carbonyl (C=O) groups is 1. The number of hydrogen-bond donors (Lipinski definition) is 0. The summed E-state index contributed by atoms with van der Waals surface area (Å²) >= 11 is 7.35. The minimum Gasteiger partial charge on any atom is -0.316 e. The van der Waals surface area contributed by atoms with Gasteiger partial charge in [-0.05, 0) is 43.3 Å². The van der Waals surface area contributed by atoms with Gasteiger partial charge in [-0.3, -0.25) is 4.79 Å². The number of benzene rings is 2. The van der Waals surface area contributed by atoms with Crippen LogP contribution in [0.5, 0.6) is 0 Å². The zero-order valence-corrected chi connectivity index (χ0v) is 16.9. The summed E-state index contributed by atoms with van der Waals surface area (Å²) < 4.78 is 24.2. The standard InChI is InChI=1S/C19H17ClN2O3S2/c1-12-3-2-4-13(9-12)18(23)21-19-22(15-7-5-14(20)6-8-15)16-10-27(24,25)11-17(16)26-19/h2-9,16-17H,10-11H2,1H3/t16-,17+/m0/s1. The van der Waals surface area contributed by atoms with Gasteiger partial charge in [-0.2, -0.15) is 4.99 Å². The van der Waals surface area contributed by atoms with Gasteiger partial charge in [0.2, 0.25) is 0 Å². The molecule has 4 rings (SSSR count). The number of carbonyl (C=O) groups excluding carboxylic acids is 1. The van der Waals surface area contributed by atoms with E-state index in [0.717, 1.165) is 11.3 Å². The number of fused-ring (bicyclic) bond motifs is 1. The highest BCUT2D eigenvalue weighted by Crippen LogP contribution is 2.41. The number of thioether (sulfide) groups is 1. The van der Waals surface area contributed by atoms with Crippen molar-refractivity contribution < 1.29 is 13.2 Å². The molecular weight excluding hydrogens is 404 g/mol. The molecule has 2 atom stereocenters. The fourth-order valence-corrected chi connectivity index (χ4v) is 7.44. The Bertz CT molecular complexity index is 1040. The molecule has 1 amide bonds. The SMILES string of the molecule is Cc1cccc(C(=O)N=C2S[C@@H]3CS(=O)(=O)C[C@@H]3N2c2ccc(Cl)cc2)c1. The molecule has 0 unspecified atom stereocenters. The van der Waals surface area contributed by atoms with Crippen LogP contribution in [0.15, 0.2) is 53.5 Å². The Morgan fingerprint density at radius 1 is 1.19 bits per heavy atom. The van der Waals surface area contributed by atoms with Crippen LogP contribution in [-0.4, -0.2) is 42.3 Å². The predicted molar refractivity (Wildman–Crippen MR) is 111 cm³/mol. The summed E-state index contributed by atoms with van der Waals surface area (Å²) in [6.45, 7) is 1.92. The van der Waals surface area contributed by atoms with Crippen LogP contribution in [0.4, 0.5) is 5.69 Å². The topological polar surface area (TPSA) is 66.8 Å². The summed E-state index contributed by atoms with van der Waals surface area (Å²) in [7, 11) is -3.09. The van der Waals surface area contributed by atoms with Gasteiger partial charge in [0.25, 0.3) is 5.91 Å². The van der Waals surface area contributed by atoms with Crippen LogP contribution in [0.3, 0.4) is 0 Å². The molecule has 2 aromatic rings. The van der Waals surface area contributed by atoms with Crippen molar-refractivity contribution in [2.75, 3.05) is 16.4 Å². The number of anilines is 1. The monoisotopic (exact) mass is 420 g/mol. The first-order valence-electron chi connectivity index (χ1n) is 8.44. The quantitative estimate of drug-likeness (QED) is 0.743. The maximum absolute atomic E-state index is 12.7. The highest BCUT2D eigenvalue weighted by molar-refractivity contribution is 8.16. The van der Waals surface area contributed by atoms with E-state index < -0.39 is 9.84 Å². The average Bonchev–Trinajstić information content (AvgIpc) is 3.07. The summed E-state index contributed by atoms with van der Waals surface area (Å²) in [5.74, 6) is -0.169. The third-order valence-corrected chi connectivity index (χ3v) is 8.10. The molecule has 27 heavy (non-hydrogen) atoms. The van der Waals surface area contributed by atoms with Gasteiger partial charge in [0.15, 0.2) is 15.0 Å². The molecule has 0 N–H and O–H groups in total. The third-order valence-electron chi connectivity index (χ3n) is 4.63. The lowest BCUT2D eigenvalue weighted by Gasteiger charge is -2.24. The van der Waals surface area contributed by atoms with Gasteiger partial charge in [-0.25, -0.2) is 8.42 Å². The number of aliphatic imine (C=N–C) groups is 1. The van der Waals surface area contributed by atoms with Crippen LogP contribution in [0.2, 0.25) is 5.02 Å². The van der Waals surface area contributed by atoms with E-state index in [1.807, 2.05) is 36.1 Å². The first-order chi connectivity index (χ1) is 12.8. The number of nitrogens with zero attached hydrogens (tertiary/aromatic N) is 2. The smallest absolute Gasteiger partial charge is 0.279 e. The van der Waals surface area contributed by atoms with Crippen molar-refractivity contribution in [2.24, 2.45) is 4.99 Å². The highest BCUT2D eigenvalue weighted by Gasteiger charge is 2.49. The fraction of sp³-hybridized carbons (Fsp3) is 0.263. The van der Waals surface area contributed by atoms with Gasteiger partial charge in [-0.15, -0.1) is 0 Å². The van der Waals surface area contributed by atoms with Crippen LogP contribution in [-0.2, 0) is 9.84 Å². The molecule has 2 heterocycles. The number of sulfone groups is 1. The lowest BCUT2D eigenvalue weighted by molar-refractivity contribution is 0.100. The van der Waals surface area contributed by atoms with Crippen molar-refractivity contribution in [3.63, 3.8) is 0 Å². The molecule has 0 spiro atoms. The van der Waals surface area contributed by atoms with Gasteiger partial charge in [0.1, 0.15) is 0 Å². The fourth-order valence-electron chi connectivity index (χ4n) is 3.40. The molecule has 2 saturated heterocycles. The molecule has 0 bridgehead atoms. The number of halogens is 1. The highest BCUT2D eigenvalue weighted by atomic mass is 35.5. The van der Waals surface area contributed by atoms with Crippen LogP contribution in [0, 0.1) is 6.92 Å². The lowest BCUT2D eigenvalue weighted by atomic mass is 10.1. The Kier molecular flexibility index (Phi) is 4.78. The van der Waals surface area contributed by atoms with Crippen molar-refractivity contribution in [3.05, 3.63) is 64.7 Å². The van der Waals surface area contributed by atoms with Gasteiger partial charge < -0.3 is 4.90 Å². The normalized spacial score (nSPS) is 25.0. The van der Waals surface area contributed by atoms with Crippen molar-refractivity contribution in [1.82, 2.24) is 0 Å². The minimum absolute atomic E-state index is 0.0605. The second-order valence-electron chi connectivity index (χ2n) is 6.72. The van der Waals surface area contributed by atoms with Gasteiger partial charge in [-0.1, -0.05) is 41.1 Å². The Morgan fingerprint density at radius 2 is 1.93 bits per heavy atom. The van der Waals surface area contributed by atoms with E-state index in [0.29, 0.717) is 15.8 Å². The molecule has 2 aromatic carbocycles. The molecule has 2 aliphatic rings. The average molecular weight is 421 g/mol. The third kappa shape index (κ3) is 3.77. The molecule has 140 valence electrons. The van der Waals surface area contributed by atoms with E-state index in [9.17, 15) is 13.2 Å². The number of rotatable bonds is 2. The summed E-state index contributed by atoms with van der Waals surface area (Å²) in [6.07, 6.45) is 0. The number of hydrogen-bond acceptors (Lipinski definition) is 4. The van der Waals surface area contributed by atoms with E-state index in [1.165, 1.54) is 11.8 Å². The Morgan fingerprint density at radius 3 is 2.63 bits per heavy atom. The number of amidine groups is 1. The molecule has 8 heteroatoms. The minimum atomic E-state index is -3.09. The summed E-state index contributed by atoms with van der Waals surface area (Å²) in [5.41, 5.74) is 2.29. The summed E-state index contributed by atoms with van der Waals surface area (Å²) in [5, 5.41) is 0.999. The second-order valence-corrected chi connectivity index (χ2v) is 10.5. The maximum Gasteiger partial charge on any atom is 0.279 e. The Balaban J connectivity index is 1.72. The summed E-state index contributed by atoms with van der Waals surface area (Å²) in [6, 6.07) is 14.2. The Hall–Kier alpha value is -1.83. The van der Waals surface area contributed by atoms with E-state index >= 15 is 0 Å². The summed E-state index contributed by atoms with van der Waals surface area (Å²) in [4.78, 5) is 18.9. The van der Waals surface area contributed by atoms with Crippen molar-refractivity contribution >= 4 is 50.0 Å². The largest absolute Gasteiger partial charge is 0.316 e. The van der Waals surface area contributed by atoms with Gasteiger partial charge >= 0.3 is 0 Å². The molecule has 5 nitrogen and oxygen atoms in total. The van der Waals surface area contributed by atoms with E-state index in [4.69, 9.17) is 11.6 Å². The molecule has 0 radical (unpaired) electrons. The van der Waals surface area contributed by atoms with E-state index in [2.05, 4.69) is 4.99 Å². The van der Waals surface area contributed by atoms with Crippen LogP contribution >= 0.6 is 23.4 Å². The zero-order valence-electron chi connectivity index (χ0n) is 14.5. The predicted octanol–water partition coefficient (Wildman–Crippen LogP) is 3.56. The number of amides is 1. The van der Waals surface area contributed by atoms with Gasteiger partial charge in [0, 0.05) is 21.5 Å². The second kappa shape index (κ2) is 6.96. The molecule has 2 fully saturated rings. The first kappa shape index (κ1) is 18.5. The van der Waals surface area contributed by atoms with Crippen LogP contribution < -0.4 is 4.90 Å². The van der Waals surface area contributed by atoms with E-state index in [-0.39, 0.29) is 28.7 Å². The van der Waals surface area contributed by atoms with Gasteiger partial charge in [0.05, 0.1) is 17.5 Å². The number of aryl methyl sites for hydroxylation is 1. The Labute approximate surface area is 167 Å². The van der Waals surface area contributed by atoms with Crippen molar-refractivity contribution in [3.8, 4) is 0 Å². The van der Waals surface area contributed by atoms with E-state index in [1.54, 1.807) is 24.3 Å². The molecule has 0 aromatic heterocycles. The lowest BCUT2D eigenvalue weighted by Crippen LogP contribution is -2.37. The molecule has 0 saturated carbocycles. The van der Waals surface area contributed by atoms with Crippen LogP contribution in [0.1, 0.15) is 15.9 Å².